The summed E-state index contributed by atoms with van der Waals surface area (Å²) in [5.41, 5.74) is 3.60. The number of rotatable bonds is 5. The number of hydrogen-bond donors (Lipinski definition) is 0. The smallest absolute Gasteiger partial charge is 0.264 e. The van der Waals surface area contributed by atoms with Gasteiger partial charge in [0, 0.05) is 12.1 Å². The standard InChI is InChI=1S/C29H26N8O/c1-3-4-19-34-24-18-12-11-17-23(24)29(27(34)38)25-20(2)31-35(21-13-7-5-8-14-21)26(25)30-28-36(32-33-37(28)29)22-15-9-6-10-16-22/h5-18H,3-4,19H2,1-2H3/t29-/m1/s1. The van der Waals surface area contributed by atoms with Crippen LogP contribution in [0, 0.1) is 6.92 Å². The summed E-state index contributed by atoms with van der Waals surface area (Å²) in [6.07, 6.45) is 1.87. The first-order valence-corrected chi connectivity index (χ1v) is 12.9. The van der Waals surface area contributed by atoms with Gasteiger partial charge in [0.25, 0.3) is 11.9 Å². The third-order valence-electron chi connectivity index (χ3n) is 7.40. The highest BCUT2D eigenvalue weighted by Gasteiger charge is 2.64. The first-order valence-electron chi connectivity index (χ1n) is 12.9. The molecule has 188 valence electrons. The summed E-state index contributed by atoms with van der Waals surface area (Å²) in [4.78, 5) is 21.7. The Morgan fingerprint density at radius 3 is 2.26 bits per heavy atom. The molecule has 4 aromatic rings. The van der Waals surface area contributed by atoms with Crippen molar-refractivity contribution in [2.45, 2.75) is 32.2 Å². The molecular formula is C29H26N8O. The van der Waals surface area contributed by atoms with Crippen molar-refractivity contribution in [3.63, 3.8) is 0 Å². The van der Waals surface area contributed by atoms with E-state index in [4.69, 9.17) is 10.1 Å². The molecule has 0 saturated heterocycles. The molecule has 9 nitrogen and oxygen atoms in total. The van der Waals surface area contributed by atoms with Gasteiger partial charge < -0.3 is 4.90 Å². The SMILES string of the molecule is CCCCN1C(=O)[C@@]2(c3ccccc31)c1c(C)nn(-c3ccccc3)c1N=C1N(c3ccccc3)N=NN12. The number of aliphatic imine (C=N–C) groups is 1. The average molecular weight is 503 g/mol. The molecule has 1 atom stereocenters. The van der Waals surface area contributed by atoms with Crippen LogP contribution in [-0.4, -0.2) is 33.2 Å². The predicted octanol–water partition coefficient (Wildman–Crippen LogP) is 5.68. The molecule has 3 aliphatic rings. The number of guanidine groups is 1. The molecule has 3 aliphatic heterocycles. The molecule has 0 fully saturated rings. The first-order chi connectivity index (χ1) is 18.7. The summed E-state index contributed by atoms with van der Waals surface area (Å²) < 4.78 is 1.82. The molecule has 0 unspecified atom stereocenters. The lowest BCUT2D eigenvalue weighted by molar-refractivity contribution is -0.125. The van der Waals surface area contributed by atoms with Crippen molar-refractivity contribution in [1.82, 2.24) is 14.8 Å². The van der Waals surface area contributed by atoms with E-state index < -0.39 is 5.54 Å². The molecule has 3 aromatic carbocycles. The lowest BCUT2D eigenvalue weighted by Gasteiger charge is -2.38. The van der Waals surface area contributed by atoms with Gasteiger partial charge in [-0.3, -0.25) is 4.79 Å². The number of para-hydroxylation sites is 3. The first kappa shape index (κ1) is 22.4. The van der Waals surface area contributed by atoms with Gasteiger partial charge in [-0.25, -0.2) is 4.68 Å². The second-order valence-electron chi connectivity index (χ2n) is 9.62. The highest BCUT2D eigenvalue weighted by atomic mass is 16.2. The van der Waals surface area contributed by atoms with E-state index in [1.54, 1.807) is 10.0 Å². The number of unbranched alkanes of at least 4 members (excludes halogenated alkanes) is 1. The number of nitrogens with zero attached hydrogens (tertiary/aromatic N) is 8. The third-order valence-corrected chi connectivity index (χ3v) is 7.40. The number of benzene rings is 3. The molecule has 0 saturated carbocycles. The van der Waals surface area contributed by atoms with Gasteiger partial charge in [-0.05, 0) is 54.1 Å². The van der Waals surface area contributed by atoms with E-state index in [1.165, 1.54) is 0 Å². The van der Waals surface area contributed by atoms with Gasteiger partial charge in [-0.15, -0.1) is 0 Å². The van der Waals surface area contributed by atoms with Gasteiger partial charge in [0.2, 0.25) is 5.54 Å². The van der Waals surface area contributed by atoms with Gasteiger partial charge in [-0.1, -0.05) is 67.9 Å². The minimum atomic E-state index is -1.28. The molecule has 9 heteroatoms. The van der Waals surface area contributed by atoms with Crippen molar-refractivity contribution in [1.29, 1.82) is 0 Å². The lowest BCUT2D eigenvalue weighted by Crippen LogP contribution is -2.56. The maximum atomic E-state index is 14.8. The molecule has 38 heavy (non-hydrogen) atoms. The van der Waals surface area contributed by atoms with Crippen molar-refractivity contribution >= 4 is 29.1 Å². The van der Waals surface area contributed by atoms with Crippen molar-refractivity contribution in [3.05, 3.63) is 102 Å². The zero-order valence-corrected chi connectivity index (χ0v) is 21.2. The Balaban J connectivity index is 1.53. The van der Waals surface area contributed by atoms with E-state index in [2.05, 4.69) is 17.4 Å². The van der Waals surface area contributed by atoms with E-state index in [9.17, 15) is 4.79 Å². The molecule has 1 amide bonds. The Hall–Kier alpha value is -4.79. The largest absolute Gasteiger partial charge is 0.309 e. The topological polar surface area (TPSA) is 81.7 Å². The number of aryl methyl sites for hydroxylation is 1. The van der Waals surface area contributed by atoms with Gasteiger partial charge in [0.05, 0.1) is 28.3 Å². The fraction of sp³-hybridized carbons (Fsp3) is 0.207. The van der Waals surface area contributed by atoms with Crippen LogP contribution in [0.3, 0.4) is 0 Å². The number of amides is 1. The quantitative estimate of drug-likeness (QED) is 0.352. The number of aromatic nitrogens is 2. The number of carbonyl (C=O) groups excluding carboxylic acids is 1. The van der Waals surface area contributed by atoms with Crippen LogP contribution < -0.4 is 9.91 Å². The predicted molar refractivity (Wildman–Crippen MR) is 145 cm³/mol. The molecule has 1 spiro atoms. The Morgan fingerprint density at radius 2 is 1.53 bits per heavy atom. The van der Waals surface area contributed by atoms with Crippen LogP contribution >= 0.6 is 0 Å². The van der Waals surface area contributed by atoms with Gasteiger partial charge >= 0.3 is 0 Å². The van der Waals surface area contributed by atoms with Crippen LogP contribution in [0.1, 0.15) is 36.6 Å². The number of carbonyl (C=O) groups is 1. The molecule has 0 aliphatic carbocycles. The summed E-state index contributed by atoms with van der Waals surface area (Å²) in [5, 5.41) is 17.4. The average Bonchev–Trinajstić information content (AvgIpc) is 3.61. The Labute approximate surface area is 220 Å². The maximum absolute atomic E-state index is 14.8. The monoisotopic (exact) mass is 502 g/mol. The number of hydrogen-bond acceptors (Lipinski definition) is 7. The highest BCUT2D eigenvalue weighted by molar-refractivity contribution is 6.15. The molecule has 0 bridgehead atoms. The molecule has 0 radical (unpaired) electrons. The van der Waals surface area contributed by atoms with Crippen LogP contribution in [0.25, 0.3) is 5.69 Å². The Kier molecular flexibility index (Phi) is 4.94. The minimum absolute atomic E-state index is 0.0645. The zero-order chi connectivity index (χ0) is 25.9. The molecule has 4 heterocycles. The van der Waals surface area contributed by atoms with Crippen LogP contribution in [0.4, 0.5) is 17.2 Å². The Bertz CT molecular complexity index is 1610. The second kappa shape index (κ2) is 8.37. The molecule has 0 N–H and O–H groups in total. The zero-order valence-electron chi connectivity index (χ0n) is 21.2. The van der Waals surface area contributed by atoms with Crippen molar-refractivity contribution in [3.8, 4) is 5.69 Å². The van der Waals surface area contributed by atoms with Crippen LogP contribution in [-0.2, 0) is 10.3 Å². The Morgan fingerprint density at radius 1 is 0.842 bits per heavy atom. The van der Waals surface area contributed by atoms with E-state index in [1.807, 2.05) is 101 Å². The van der Waals surface area contributed by atoms with Crippen LogP contribution in [0.15, 0.2) is 100 Å². The summed E-state index contributed by atoms with van der Waals surface area (Å²) >= 11 is 0. The molecule has 7 rings (SSSR count). The van der Waals surface area contributed by atoms with Crippen molar-refractivity contribution in [2.24, 2.45) is 15.4 Å². The maximum Gasteiger partial charge on any atom is 0.264 e. The fourth-order valence-corrected chi connectivity index (χ4v) is 5.71. The summed E-state index contributed by atoms with van der Waals surface area (Å²) in [6.45, 7) is 4.69. The van der Waals surface area contributed by atoms with Crippen LogP contribution in [0.2, 0.25) is 0 Å². The normalized spacial score (nSPS) is 19.2. The van der Waals surface area contributed by atoms with Gasteiger partial charge in [0.15, 0.2) is 5.82 Å². The number of anilines is 2. The van der Waals surface area contributed by atoms with Crippen molar-refractivity contribution in [2.75, 3.05) is 16.5 Å². The van der Waals surface area contributed by atoms with E-state index in [0.717, 1.165) is 46.7 Å². The van der Waals surface area contributed by atoms with Gasteiger partial charge in [-0.2, -0.15) is 20.1 Å². The van der Waals surface area contributed by atoms with E-state index in [0.29, 0.717) is 18.3 Å². The highest BCUT2D eigenvalue weighted by Crippen LogP contribution is 2.55. The number of fused-ring (bicyclic) bond motifs is 6. The van der Waals surface area contributed by atoms with Crippen LogP contribution in [0.5, 0.6) is 0 Å². The summed E-state index contributed by atoms with van der Waals surface area (Å²) in [5.74, 6) is 1.00. The van der Waals surface area contributed by atoms with E-state index >= 15 is 0 Å². The second-order valence-corrected chi connectivity index (χ2v) is 9.62. The molecule has 1 aromatic heterocycles. The lowest BCUT2D eigenvalue weighted by atomic mass is 9.82. The summed E-state index contributed by atoms with van der Waals surface area (Å²) in [6, 6.07) is 27.6. The van der Waals surface area contributed by atoms with Crippen molar-refractivity contribution < 1.29 is 4.79 Å². The molecular weight excluding hydrogens is 476 g/mol. The summed E-state index contributed by atoms with van der Waals surface area (Å²) in [7, 11) is 0. The fourth-order valence-electron chi connectivity index (χ4n) is 5.71. The van der Waals surface area contributed by atoms with Gasteiger partial charge in [0.1, 0.15) is 0 Å². The third kappa shape index (κ3) is 2.89. The minimum Gasteiger partial charge on any atom is -0.309 e. The van der Waals surface area contributed by atoms with E-state index in [-0.39, 0.29) is 5.91 Å².